The van der Waals surface area contributed by atoms with Crippen molar-refractivity contribution in [2.75, 3.05) is 31.1 Å². The van der Waals surface area contributed by atoms with E-state index >= 15 is 0 Å². The lowest BCUT2D eigenvalue weighted by molar-refractivity contribution is 0.207. The standard InChI is InChI=1S/C25H26FN7/c26-20-5-3-18(4-6-20)22-15-24(32-13-8-21(9-14-32)31-11-1-2-12-31)30-33-23(17-27-25(22)33)19-7-10-28-29-16-19/h3-7,10,15-17,21H,1-2,8-9,11-14H2. The first-order valence-electron chi connectivity index (χ1n) is 11.7. The first kappa shape index (κ1) is 20.2. The van der Waals surface area contributed by atoms with Crippen molar-refractivity contribution in [3.05, 3.63) is 60.8 Å². The Morgan fingerprint density at radius 2 is 1.64 bits per heavy atom. The van der Waals surface area contributed by atoms with Crippen LogP contribution in [0.2, 0.25) is 0 Å². The molecule has 0 spiro atoms. The van der Waals surface area contributed by atoms with Gasteiger partial charge in [0.15, 0.2) is 5.65 Å². The van der Waals surface area contributed by atoms with E-state index in [9.17, 15) is 4.39 Å². The number of hydrogen-bond acceptors (Lipinski definition) is 6. The molecule has 3 aromatic heterocycles. The molecule has 0 bridgehead atoms. The Labute approximate surface area is 191 Å². The Kier molecular flexibility index (Phi) is 5.22. The summed E-state index contributed by atoms with van der Waals surface area (Å²) >= 11 is 0. The molecule has 0 saturated carbocycles. The van der Waals surface area contributed by atoms with Crippen LogP contribution in [-0.4, -0.2) is 61.9 Å². The molecule has 5 heterocycles. The Hall–Kier alpha value is -3.39. The van der Waals surface area contributed by atoms with Crippen LogP contribution < -0.4 is 4.90 Å². The number of hydrogen-bond donors (Lipinski definition) is 0. The van der Waals surface area contributed by atoms with Crippen LogP contribution in [0.3, 0.4) is 0 Å². The van der Waals surface area contributed by atoms with E-state index in [1.807, 2.05) is 16.8 Å². The number of imidazole rings is 1. The molecule has 6 rings (SSSR count). The van der Waals surface area contributed by atoms with Gasteiger partial charge >= 0.3 is 0 Å². The van der Waals surface area contributed by atoms with Gasteiger partial charge < -0.3 is 9.80 Å². The minimum Gasteiger partial charge on any atom is -0.355 e. The summed E-state index contributed by atoms with van der Waals surface area (Å²) in [5, 5.41) is 12.9. The molecule has 7 nitrogen and oxygen atoms in total. The highest BCUT2D eigenvalue weighted by Gasteiger charge is 2.27. The molecule has 33 heavy (non-hydrogen) atoms. The number of nitrogens with zero attached hydrogens (tertiary/aromatic N) is 7. The maximum absolute atomic E-state index is 13.6. The SMILES string of the molecule is Fc1ccc(-c2cc(N3CCC(N4CCCC4)CC3)nn3c(-c4ccnnc4)cnc23)cc1. The van der Waals surface area contributed by atoms with Crippen LogP contribution in [0.5, 0.6) is 0 Å². The Morgan fingerprint density at radius 3 is 2.36 bits per heavy atom. The number of halogens is 1. The number of anilines is 1. The summed E-state index contributed by atoms with van der Waals surface area (Å²) in [5.74, 6) is 0.669. The molecular formula is C25H26FN7. The molecule has 2 aliphatic rings. The summed E-state index contributed by atoms with van der Waals surface area (Å²) < 4.78 is 15.5. The Bertz CT molecular complexity index is 1240. The van der Waals surface area contributed by atoms with Crippen LogP contribution in [0, 0.1) is 5.82 Å². The normalized spacial score (nSPS) is 17.8. The Balaban J connectivity index is 1.40. The van der Waals surface area contributed by atoms with Crippen molar-refractivity contribution in [1.82, 2.24) is 29.7 Å². The third kappa shape index (κ3) is 3.84. The summed E-state index contributed by atoms with van der Waals surface area (Å²) in [5.41, 5.74) is 4.36. The van der Waals surface area contributed by atoms with Crippen LogP contribution in [0.4, 0.5) is 10.2 Å². The fourth-order valence-electron chi connectivity index (χ4n) is 5.16. The largest absolute Gasteiger partial charge is 0.355 e. The van der Waals surface area contributed by atoms with E-state index < -0.39 is 0 Å². The number of likely N-dealkylation sites (tertiary alicyclic amines) is 1. The zero-order chi connectivity index (χ0) is 22.2. The fourth-order valence-corrected chi connectivity index (χ4v) is 5.16. The van der Waals surface area contributed by atoms with Gasteiger partial charge in [-0.3, -0.25) is 0 Å². The second-order valence-corrected chi connectivity index (χ2v) is 8.89. The summed E-state index contributed by atoms with van der Waals surface area (Å²) in [6, 6.07) is 11.3. The van der Waals surface area contributed by atoms with Gasteiger partial charge in [0, 0.05) is 30.3 Å². The number of aromatic nitrogens is 5. The van der Waals surface area contributed by atoms with Gasteiger partial charge in [0.25, 0.3) is 0 Å². The minimum absolute atomic E-state index is 0.250. The van der Waals surface area contributed by atoms with Gasteiger partial charge in [-0.1, -0.05) is 12.1 Å². The van der Waals surface area contributed by atoms with Gasteiger partial charge in [0.05, 0.1) is 24.3 Å². The van der Waals surface area contributed by atoms with Crippen LogP contribution in [0.15, 0.2) is 55.0 Å². The molecule has 0 N–H and O–H groups in total. The zero-order valence-corrected chi connectivity index (χ0v) is 18.4. The monoisotopic (exact) mass is 443 g/mol. The van der Waals surface area contributed by atoms with Crippen molar-refractivity contribution in [2.45, 2.75) is 31.7 Å². The molecule has 0 unspecified atom stereocenters. The quantitative estimate of drug-likeness (QED) is 0.474. The molecule has 8 heteroatoms. The number of rotatable bonds is 4. The molecule has 0 radical (unpaired) electrons. The van der Waals surface area contributed by atoms with E-state index in [0.717, 1.165) is 59.8 Å². The highest BCUT2D eigenvalue weighted by Crippen LogP contribution is 2.32. The van der Waals surface area contributed by atoms with Crippen LogP contribution >= 0.6 is 0 Å². The molecule has 2 saturated heterocycles. The van der Waals surface area contributed by atoms with Gasteiger partial charge in [-0.05, 0) is 68.6 Å². The number of benzene rings is 1. The van der Waals surface area contributed by atoms with E-state index in [-0.39, 0.29) is 5.82 Å². The molecular weight excluding hydrogens is 417 g/mol. The van der Waals surface area contributed by atoms with E-state index in [0.29, 0.717) is 6.04 Å². The molecule has 4 aromatic rings. The van der Waals surface area contributed by atoms with E-state index in [1.54, 1.807) is 24.5 Å². The lowest BCUT2D eigenvalue weighted by atomic mass is 10.0. The highest BCUT2D eigenvalue weighted by atomic mass is 19.1. The third-order valence-corrected chi connectivity index (χ3v) is 6.94. The number of fused-ring (bicyclic) bond motifs is 1. The second kappa shape index (κ2) is 8.51. The van der Waals surface area contributed by atoms with Crippen molar-refractivity contribution in [2.24, 2.45) is 0 Å². The predicted molar refractivity (Wildman–Crippen MR) is 125 cm³/mol. The second-order valence-electron chi connectivity index (χ2n) is 8.89. The summed E-state index contributed by atoms with van der Waals surface area (Å²) in [7, 11) is 0. The lowest BCUT2D eigenvalue weighted by Gasteiger charge is -2.37. The summed E-state index contributed by atoms with van der Waals surface area (Å²) in [4.78, 5) is 9.70. The van der Waals surface area contributed by atoms with Gasteiger partial charge in [-0.2, -0.15) is 10.2 Å². The molecule has 0 amide bonds. The molecule has 2 aliphatic heterocycles. The van der Waals surface area contributed by atoms with Gasteiger partial charge in [-0.15, -0.1) is 5.10 Å². The van der Waals surface area contributed by atoms with E-state index in [1.165, 1.54) is 38.1 Å². The molecule has 0 aliphatic carbocycles. The fraction of sp³-hybridized carbons (Fsp3) is 0.360. The average Bonchev–Trinajstić information content (AvgIpc) is 3.55. The predicted octanol–water partition coefficient (Wildman–Crippen LogP) is 4.06. The topological polar surface area (TPSA) is 62.5 Å². The molecule has 168 valence electrons. The summed E-state index contributed by atoms with van der Waals surface area (Å²) in [6.45, 7) is 4.43. The molecule has 0 atom stereocenters. The van der Waals surface area contributed by atoms with Crippen LogP contribution in [0.1, 0.15) is 25.7 Å². The van der Waals surface area contributed by atoms with E-state index in [4.69, 9.17) is 5.10 Å². The van der Waals surface area contributed by atoms with Crippen LogP contribution in [-0.2, 0) is 0 Å². The van der Waals surface area contributed by atoms with Crippen molar-refractivity contribution >= 4 is 11.5 Å². The zero-order valence-electron chi connectivity index (χ0n) is 18.4. The first-order valence-corrected chi connectivity index (χ1v) is 11.7. The number of piperidine rings is 1. The molecule has 1 aromatic carbocycles. The third-order valence-electron chi connectivity index (χ3n) is 6.94. The van der Waals surface area contributed by atoms with Gasteiger partial charge in [0.1, 0.15) is 11.6 Å². The van der Waals surface area contributed by atoms with Crippen LogP contribution in [0.25, 0.3) is 28.0 Å². The van der Waals surface area contributed by atoms with Crippen molar-refractivity contribution in [3.8, 4) is 22.4 Å². The minimum atomic E-state index is -0.250. The maximum Gasteiger partial charge on any atom is 0.162 e. The van der Waals surface area contributed by atoms with Crippen molar-refractivity contribution in [1.29, 1.82) is 0 Å². The van der Waals surface area contributed by atoms with Crippen molar-refractivity contribution < 1.29 is 4.39 Å². The average molecular weight is 444 g/mol. The lowest BCUT2D eigenvalue weighted by Crippen LogP contribution is -2.44. The summed E-state index contributed by atoms with van der Waals surface area (Å²) in [6.07, 6.45) is 10.2. The van der Waals surface area contributed by atoms with E-state index in [2.05, 4.69) is 31.0 Å². The van der Waals surface area contributed by atoms with Gasteiger partial charge in [0.2, 0.25) is 0 Å². The molecule has 2 fully saturated rings. The highest BCUT2D eigenvalue weighted by molar-refractivity contribution is 5.81. The van der Waals surface area contributed by atoms with Crippen molar-refractivity contribution in [3.63, 3.8) is 0 Å². The van der Waals surface area contributed by atoms with Gasteiger partial charge in [-0.25, -0.2) is 13.9 Å². The first-order chi connectivity index (χ1) is 16.3. The Morgan fingerprint density at radius 1 is 0.848 bits per heavy atom. The maximum atomic E-state index is 13.6. The smallest absolute Gasteiger partial charge is 0.162 e.